The van der Waals surface area contributed by atoms with Crippen molar-refractivity contribution in [1.82, 2.24) is 15.1 Å². The molecule has 1 aliphatic heterocycles. The number of rotatable bonds is 7. The predicted octanol–water partition coefficient (Wildman–Crippen LogP) is 2.36. The predicted molar refractivity (Wildman–Crippen MR) is 91.7 cm³/mol. The number of amides is 2. The number of furan rings is 1. The van der Waals surface area contributed by atoms with Crippen LogP contribution in [-0.2, 0) is 0 Å². The molecule has 0 spiro atoms. The maximum atomic E-state index is 12.5. The van der Waals surface area contributed by atoms with Gasteiger partial charge in [0.05, 0.1) is 6.26 Å². The van der Waals surface area contributed by atoms with Crippen molar-refractivity contribution < 1.29 is 14.3 Å². The van der Waals surface area contributed by atoms with Crippen molar-refractivity contribution in [2.24, 2.45) is 0 Å². The number of carbonyl (C=O) groups is 1. The third-order valence-electron chi connectivity index (χ3n) is 5.37. The number of aliphatic hydroxyl groups is 1. The summed E-state index contributed by atoms with van der Waals surface area (Å²) in [4.78, 5) is 16.7. The van der Waals surface area contributed by atoms with Crippen LogP contribution in [0, 0.1) is 0 Å². The molecule has 1 aliphatic carbocycles. The molecule has 2 N–H and O–H groups in total. The molecule has 1 saturated heterocycles. The van der Waals surface area contributed by atoms with E-state index >= 15 is 0 Å². The van der Waals surface area contributed by atoms with Crippen LogP contribution < -0.4 is 5.32 Å². The van der Waals surface area contributed by atoms with Gasteiger partial charge in [0.25, 0.3) is 0 Å². The largest absolute Gasteiger partial charge is 0.467 e. The van der Waals surface area contributed by atoms with Crippen molar-refractivity contribution in [3.8, 4) is 0 Å². The molecule has 0 bridgehead atoms. The molecule has 6 nitrogen and oxygen atoms in total. The highest BCUT2D eigenvalue weighted by molar-refractivity contribution is 5.74. The molecule has 0 aromatic carbocycles. The first-order valence-corrected chi connectivity index (χ1v) is 9.04. The first-order chi connectivity index (χ1) is 11.6. The summed E-state index contributed by atoms with van der Waals surface area (Å²) in [5.74, 6) is 0.571. The highest BCUT2D eigenvalue weighted by Crippen LogP contribution is 2.28. The average Bonchev–Trinajstić information content (AvgIpc) is 3.08. The first-order valence-electron chi connectivity index (χ1n) is 9.04. The fraction of sp³-hybridized carbons (Fsp3) is 0.722. The van der Waals surface area contributed by atoms with Crippen LogP contribution in [0.15, 0.2) is 22.8 Å². The zero-order chi connectivity index (χ0) is 17.1. The van der Waals surface area contributed by atoms with Crippen molar-refractivity contribution in [3.63, 3.8) is 0 Å². The summed E-state index contributed by atoms with van der Waals surface area (Å²) in [7, 11) is 2.13. The van der Waals surface area contributed by atoms with Crippen molar-refractivity contribution in [3.05, 3.63) is 24.2 Å². The Kier molecular flexibility index (Phi) is 5.46. The molecule has 2 heterocycles. The van der Waals surface area contributed by atoms with E-state index in [2.05, 4.69) is 24.2 Å². The quantitative estimate of drug-likeness (QED) is 0.803. The summed E-state index contributed by atoms with van der Waals surface area (Å²) >= 11 is 0. The Bertz CT molecular complexity index is 530. The summed E-state index contributed by atoms with van der Waals surface area (Å²) in [6.45, 7) is 3.57. The first kappa shape index (κ1) is 17.3. The zero-order valence-electron chi connectivity index (χ0n) is 14.6. The van der Waals surface area contributed by atoms with E-state index in [0.717, 1.165) is 19.4 Å². The van der Waals surface area contributed by atoms with E-state index in [4.69, 9.17) is 4.42 Å². The molecule has 24 heavy (non-hydrogen) atoms. The van der Waals surface area contributed by atoms with Gasteiger partial charge in [0.15, 0.2) is 0 Å². The smallest absolute Gasteiger partial charge is 0.317 e. The number of nitrogens with zero attached hydrogens (tertiary/aromatic N) is 2. The molecular formula is C18H29N3O3. The normalized spacial score (nSPS) is 23.5. The molecule has 1 saturated carbocycles. The lowest BCUT2D eigenvalue weighted by atomic mass is 10.1. The average molecular weight is 335 g/mol. The van der Waals surface area contributed by atoms with Crippen LogP contribution in [0.2, 0.25) is 0 Å². The summed E-state index contributed by atoms with van der Waals surface area (Å²) in [5, 5.41) is 13.3. The SMILES string of the molecule is CC(CNC(=O)N1CCCC1CC(O)c1ccco1)N(C)C1CC1. The van der Waals surface area contributed by atoms with E-state index in [-0.39, 0.29) is 12.1 Å². The van der Waals surface area contributed by atoms with E-state index in [0.29, 0.717) is 30.8 Å². The molecule has 3 rings (SSSR count). The number of aliphatic hydroxyl groups excluding tert-OH is 1. The Morgan fingerprint density at radius 2 is 2.29 bits per heavy atom. The van der Waals surface area contributed by atoms with E-state index in [1.54, 1.807) is 18.4 Å². The summed E-state index contributed by atoms with van der Waals surface area (Å²) < 4.78 is 5.26. The van der Waals surface area contributed by atoms with Crippen molar-refractivity contribution >= 4 is 6.03 Å². The maximum absolute atomic E-state index is 12.5. The number of likely N-dealkylation sites (tertiary alicyclic amines) is 1. The molecule has 6 heteroatoms. The second-order valence-electron chi connectivity index (χ2n) is 7.19. The summed E-state index contributed by atoms with van der Waals surface area (Å²) in [6.07, 6.45) is 5.90. The van der Waals surface area contributed by atoms with Gasteiger partial charge in [0.2, 0.25) is 0 Å². The second kappa shape index (κ2) is 7.57. The van der Waals surface area contributed by atoms with E-state index in [1.807, 2.05) is 4.90 Å². The third-order valence-corrected chi connectivity index (χ3v) is 5.37. The highest BCUT2D eigenvalue weighted by Gasteiger charge is 2.32. The fourth-order valence-corrected chi connectivity index (χ4v) is 3.53. The van der Waals surface area contributed by atoms with Crippen LogP contribution >= 0.6 is 0 Å². The monoisotopic (exact) mass is 335 g/mol. The standard InChI is InChI=1S/C18H29N3O3/c1-13(20(2)14-7-8-14)12-19-18(23)21-9-3-5-15(21)11-16(22)17-6-4-10-24-17/h4,6,10,13-16,22H,3,5,7-9,11-12H2,1-2H3,(H,19,23). The molecule has 0 radical (unpaired) electrons. The zero-order valence-corrected chi connectivity index (χ0v) is 14.6. The van der Waals surface area contributed by atoms with Crippen molar-refractivity contribution in [2.75, 3.05) is 20.1 Å². The molecule has 1 aromatic heterocycles. The number of hydrogen-bond donors (Lipinski definition) is 2. The van der Waals surface area contributed by atoms with Crippen molar-refractivity contribution in [2.45, 2.75) is 63.3 Å². The minimum atomic E-state index is -0.654. The number of nitrogens with one attached hydrogen (secondary N) is 1. The second-order valence-corrected chi connectivity index (χ2v) is 7.19. The minimum Gasteiger partial charge on any atom is -0.467 e. The molecule has 2 amide bonds. The minimum absolute atomic E-state index is 0.0137. The molecular weight excluding hydrogens is 306 g/mol. The van der Waals surface area contributed by atoms with Gasteiger partial charge in [-0.2, -0.15) is 0 Å². The van der Waals surface area contributed by atoms with Crippen LogP contribution in [0.1, 0.15) is 50.9 Å². The molecule has 3 unspecified atom stereocenters. The van der Waals surface area contributed by atoms with E-state index in [9.17, 15) is 9.90 Å². The van der Waals surface area contributed by atoms with Crippen LogP contribution in [0.3, 0.4) is 0 Å². The Hall–Kier alpha value is -1.53. The lowest BCUT2D eigenvalue weighted by molar-refractivity contribution is 0.107. The molecule has 1 aromatic rings. The topological polar surface area (TPSA) is 69.0 Å². The van der Waals surface area contributed by atoms with Crippen molar-refractivity contribution in [1.29, 1.82) is 0 Å². The number of hydrogen-bond acceptors (Lipinski definition) is 4. The third kappa shape index (κ3) is 4.11. The van der Waals surface area contributed by atoms with Gasteiger partial charge in [-0.3, -0.25) is 4.90 Å². The Labute approximate surface area is 143 Å². The van der Waals surface area contributed by atoms with Gasteiger partial charge in [-0.05, 0) is 51.8 Å². The Morgan fingerprint density at radius 3 is 2.96 bits per heavy atom. The fourth-order valence-electron chi connectivity index (χ4n) is 3.53. The van der Waals surface area contributed by atoms with Gasteiger partial charge < -0.3 is 19.7 Å². The van der Waals surface area contributed by atoms with E-state index in [1.165, 1.54) is 12.8 Å². The van der Waals surface area contributed by atoms with Crippen LogP contribution in [0.25, 0.3) is 0 Å². The van der Waals surface area contributed by atoms with E-state index < -0.39 is 6.10 Å². The number of carbonyl (C=O) groups excluding carboxylic acids is 1. The number of likely N-dealkylation sites (N-methyl/N-ethyl adjacent to an activating group) is 1. The van der Waals surface area contributed by atoms with Gasteiger partial charge in [0.1, 0.15) is 11.9 Å². The lowest BCUT2D eigenvalue weighted by Crippen LogP contribution is -2.48. The molecule has 134 valence electrons. The summed E-state index contributed by atoms with van der Waals surface area (Å²) in [5.41, 5.74) is 0. The Balaban J connectivity index is 1.48. The van der Waals surface area contributed by atoms with Crippen LogP contribution in [0.4, 0.5) is 4.79 Å². The molecule has 2 aliphatic rings. The van der Waals surface area contributed by atoms with Crippen LogP contribution in [-0.4, -0.2) is 59.2 Å². The van der Waals surface area contributed by atoms with Gasteiger partial charge in [-0.25, -0.2) is 4.79 Å². The van der Waals surface area contributed by atoms with Gasteiger partial charge in [-0.1, -0.05) is 0 Å². The number of urea groups is 1. The Morgan fingerprint density at radius 1 is 1.50 bits per heavy atom. The lowest BCUT2D eigenvalue weighted by Gasteiger charge is -2.29. The van der Waals surface area contributed by atoms with Crippen LogP contribution in [0.5, 0.6) is 0 Å². The van der Waals surface area contributed by atoms with Gasteiger partial charge in [-0.15, -0.1) is 0 Å². The van der Waals surface area contributed by atoms with Gasteiger partial charge in [0, 0.05) is 37.6 Å². The molecule has 3 atom stereocenters. The molecule has 2 fully saturated rings. The van der Waals surface area contributed by atoms with Gasteiger partial charge >= 0.3 is 6.03 Å². The summed E-state index contributed by atoms with van der Waals surface area (Å²) in [6, 6.07) is 4.65. The maximum Gasteiger partial charge on any atom is 0.317 e. The highest BCUT2D eigenvalue weighted by atomic mass is 16.4.